The van der Waals surface area contributed by atoms with Crippen LogP contribution in [-0.4, -0.2) is 18.1 Å². The fourth-order valence-corrected chi connectivity index (χ4v) is 2.06. The Kier molecular flexibility index (Phi) is 3.81. The van der Waals surface area contributed by atoms with Crippen LogP contribution in [0.2, 0.25) is 5.02 Å². The third kappa shape index (κ3) is 3.09. The summed E-state index contributed by atoms with van der Waals surface area (Å²) in [5.41, 5.74) is 0.782. The molecule has 1 heterocycles. The average molecular weight is 280 g/mol. The predicted octanol–water partition coefficient (Wildman–Crippen LogP) is 3.58. The van der Waals surface area contributed by atoms with Gasteiger partial charge in [0.05, 0.1) is 17.8 Å². The van der Waals surface area contributed by atoms with E-state index in [9.17, 15) is 9.90 Å². The van der Waals surface area contributed by atoms with Crippen molar-refractivity contribution in [1.82, 2.24) is 0 Å². The molecule has 0 unspecified atom stereocenters. The lowest BCUT2D eigenvalue weighted by Crippen LogP contribution is -2.19. The molecular weight excluding hydrogens is 266 g/mol. The van der Waals surface area contributed by atoms with Crippen LogP contribution < -0.4 is 4.90 Å². The Balaban J connectivity index is 2.29. The summed E-state index contributed by atoms with van der Waals surface area (Å²) in [7, 11) is 1.80. The van der Waals surface area contributed by atoms with Gasteiger partial charge in [0.15, 0.2) is 0 Å². The van der Waals surface area contributed by atoms with Crippen LogP contribution in [-0.2, 0) is 6.54 Å². The molecule has 0 radical (unpaired) electrons. The summed E-state index contributed by atoms with van der Waals surface area (Å²) < 4.78 is 5.48. The van der Waals surface area contributed by atoms with Gasteiger partial charge >= 0.3 is 5.97 Å². The van der Waals surface area contributed by atoms with Crippen molar-refractivity contribution in [3.63, 3.8) is 0 Å². The lowest BCUT2D eigenvalue weighted by atomic mass is 10.1. The first-order valence-corrected chi connectivity index (χ1v) is 6.14. The number of halogens is 1. The highest BCUT2D eigenvalue weighted by molar-refractivity contribution is 6.31. The highest BCUT2D eigenvalue weighted by atomic mass is 35.5. The number of hydrogen-bond acceptors (Lipinski definition) is 3. The van der Waals surface area contributed by atoms with E-state index in [0.29, 0.717) is 17.3 Å². The fourth-order valence-electron chi connectivity index (χ4n) is 1.89. The van der Waals surface area contributed by atoms with Gasteiger partial charge in [-0.3, -0.25) is 0 Å². The predicted molar refractivity (Wildman–Crippen MR) is 74.0 cm³/mol. The number of aryl methyl sites for hydroxylation is 1. The van der Waals surface area contributed by atoms with Crippen LogP contribution in [0.4, 0.5) is 5.69 Å². The summed E-state index contributed by atoms with van der Waals surface area (Å²) in [6, 6.07) is 8.46. The molecule has 2 rings (SSSR count). The molecule has 1 aromatic heterocycles. The van der Waals surface area contributed by atoms with E-state index in [4.69, 9.17) is 16.0 Å². The molecule has 0 atom stereocenters. The van der Waals surface area contributed by atoms with E-state index in [1.807, 2.05) is 19.1 Å². The Morgan fingerprint density at radius 1 is 1.37 bits per heavy atom. The smallest absolute Gasteiger partial charge is 0.337 e. The van der Waals surface area contributed by atoms with Gasteiger partial charge < -0.3 is 14.4 Å². The van der Waals surface area contributed by atoms with Gasteiger partial charge in [0.25, 0.3) is 0 Å². The standard InChI is InChI=1S/C14H14ClNO3/c1-9-3-5-11(19-9)8-16(2)13-7-10(15)4-6-12(13)14(17)18/h3-7H,8H2,1-2H3,(H,17,18). The number of aromatic carboxylic acids is 1. The summed E-state index contributed by atoms with van der Waals surface area (Å²) in [4.78, 5) is 13.0. The largest absolute Gasteiger partial charge is 0.478 e. The average Bonchev–Trinajstić information content (AvgIpc) is 2.74. The molecule has 0 aliphatic heterocycles. The lowest BCUT2D eigenvalue weighted by molar-refractivity contribution is 0.0697. The van der Waals surface area contributed by atoms with E-state index in [1.54, 1.807) is 24.1 Å². The minimum atomic E-state index is -0.978. The van der Waals surface area contributed by atoms with E-state index in [1.165, 1.54) is 6.07 Å². The summed E-state index contributed by atoms with van der Waals surface area (Å²) in [5, 5.41) is 9.68. The zero-order valence-corrected chi connectivity index (χ0v) is 11.4. The van der Waals surface area contributed by atoms with Crippen molar-refractivity contribution >= 4 is 23.3 Å². The van der Waals surface area contributed by atoms with Gasteiger partial charge in [-0.2, -0.15) is 0 Å². The van der Waals surface area contributed by atoms with Crippen molar-refractivity contribution < 1.29 is 14.3 Å². The Hall–Kier alpha value is -1.94. The molecule has 100 valence electrons. The van der Waals surface area contributed by atoms with Crippen molar-refractivity contribution in [1.29, 1.82) is 0 Å². The highest BCUT2D eigenvalue weighted by Crippen LogP contribution is 2.25. The molecular formula is C14H14ClNO3. The van der Waals surface area contributed by atoms with Crippen LogP contribution in [0.25, 0.3) is 0 Å². The number of rotatable bonds is 4. The number of anilines is 1. The van der Waals surface area contributed by atoms with Crippen LogP contribution in [0.5, 0.6) is 0 Å². The summed E-state index contributed by atoms with van der Waals surface area (Å²) in [6.45, 7) is 2.35. The van der Waals surface area contributed by atoms with Crippen LogP contribution in [0.3, 0.4) is 0 Å². The van der Waals surface area contributed by atoms with Gasteiger partial charge in [0.1, 0.15) is 11.5 Å². The van der Waals surface area contributed by atoms with Crippen LogP contribution in [0, 0.1) is 6.92 Å². The molecule has 0 amide bonds. The van der Waals surface area contributed by atoms with Gasteiger partial charge in [0.2, 0.25) is 0 Å². The zero-order chi connectivity index (χ0) is 14.0. The zero-order valence-electron chi connectivity index (χ0n) is 10.7. The van der Waals surface area contributed by atoms with Crippen LogP contribution in [0.15, 0.2) is 34.7 Å². The quantitative estimate of drug-likeness (QED) is 0.929. The van der Waals surface area contributed by atoms with Gasteiger partial charge in [-0.05, 0) is 37.3 Å². The molecule has 19 heavy (non-hydrogen) atoms. The Bertz CT molecular complexity index is 606. The van der Waals surface area contributed by atoms with Gasteiger partial charge in [0, 0.05) is 12.1 Å². The third-order valence-corrected chi connectivity index (χ3v) is 3.03. The van der Waals surface area contributed by atoms with Crippen LogP contribution in [0.1, 0.15) is 21.9 Å². The van der Waals surface area contributed by atoms with Gasteiger partial charge in [-0.15, -0.1) is 0 Å². The molecule has 1 aromatic carbocycles. The molecule has 0 aliphatic rings. The topological polar surface area (TPSA) is 53.7 Å². The molecule has 0 spiro atoms. The van der Waals surface area contributed by atoms with E-state index >= 15 is 0 Å². The Morgan fingerprint density at radius 3 is 2.68 bits per heavy atom. The second-order valence-electron chi connectivity index (χ2n) is 4.34. The summed E-state index contributed by atoms with van der Waals surface area (Å²) >= 11 is 5.93. The molecule has 0 aliphatic carbocycles. The number of benzene rings is 1. The second-order valence-corrected chi connectivity index (χ2v) is 4.77. The van der Waals surface area contributed by atoms with Crippen LogP contribution >= 0.6 is 11.6 Å². The van der Waals surface area contributed by atoms with Crippen molar-refractivity contribution in [3.05, 3.63) is 52.4 Å². The van der Waals surface area contributed by atoms with Gasteiger partial charge in [-0.1, -0.05) is 11.6 Å². The van der Waals surface area contributed by atoms with E-state index in [2.05, 4.69) is 0 Å². The maximum absolute atomic E-state index is 11.2. The first-order valence-electron chi connectivity index (χ1n) is 5.76. The molecule has 5 heteroatoms. The lowest BCUT2D eigenvalue weighted by Gasteiger charge is -2.20. The molecule has 0 saturated carbocycles. The normalized spacial score (nSPS) is 10.5. The Morgan fingerprint density at radius 2 is 2.11 bits per heavy atom. The van der Waals surface area contributed by atoms with Crippen molar-refractivity contribution in [2.24, 2.45) is 0 Å². The number of carboxylic acid groups (broad SMARTS) is 1. The first-order chi connectivity index (χ1) is 8.97. The molecule has 4 nitrogen and oxygen atoms in total. The van der Waals surface area contributed by atoms with Crippen molar-refractivity contribution in [2.45, 2.75) is 13.5 Å². The van der Waals surface area contributed by atoms with E-state index < -0.39 is 5.97 Å². The molecule has 1 N–H and O–H groups in total. The number of hydrogen-bond donors (Lipinski definition) is 1. The minimum Gasteiger partial charge on any atom is -0.478 e. The monoisotopic (exact) mass is 279 g/mol. The maximum atomic E-state index is 11.2. The molecule has 0 bridgehead atoms. The highest BCUT2D eigenvalue weighted by Gasteiger charge is 2.15. The number of carbonyl (C=O) groups is 1. The molecule has 2 aromatic rings. The maximum Gasteiger partial charge on any atom is 0.337 e. The summed E-state index contributed by atoms with van der Waals surface area (Å²) in [5.74, 6) is 0.624. The van der Waals surface area contributed by atoms with Gasteiger partial charge in [-0.25, -0.2) is 4.79 Å². The minimum absolute atomic E-state index is 0.218. The number of nitrogens with zero attached hydrogens (tertiary/aromatic N) is 1. The van der Waals surface area contributed by atoms with E-state index in [-0.39, 0.29) is 5.56 Å². The Labute approximate surface area is 116 Å². The van der Waals surface area contributed by atoms with E-state index in [0.717, 1.165) is 11.5 Å². The third-order valence-electron chi connectivity index (χ3n) is 2.79. The number of furan rings is 1. The molecule has 0 fully saturated rings. The fraction of sp³-hybridized carbons (Fsp3) is 0.214. The van der Waals surface area contributed by atoms with Crippen molar-refractivity contribution in [3.8, 4) is 0 Å². The number of carboxylic acids is 1. The first kappa shape index (κ1) is 13.5. The SMILES string of the molecule is Cc1ccc(CN(C)c2cc(Cl)ccc2C(=O)O)o1. The summed E-state index contributed by atoms with van der Waals surface area (Å²) in [6.07, 6.45) is 0. The molecule has 0 saturated heterocycles. The second kappa shape index (κ2) is 5.36. The van der Waals surface area contributed by atoms with Crippen molar-refractivity contribution in [2.75, 3.05) is 11.9 Å².